The van der Waals surface area contributed by atoms with Crippen LogP contribution in [0.15, 0.2) is 47.7 Å². The van der Waals surface area contributed by atoms with Crippen molar-refractivity contribution >= 4 is 23.2 Å². The van der Waals surface area contributed by atoms with Crippen molar-refractivity contribution in [3.05, 3.63) is 58.8 Å². The summed E-state index contributed by atoms with van der Waals surface area (Å²) in [6, 6.07) is 3.77. The molecule has 4 N–H and O–H groups in total. The lowest BCUT2D eigenvalue weighted by molar-refractivity contribution is -0.116. The van der Waals surface area contributed by atoms with Crippen LogP contribution in [-0.2, 0) is 16.0 Å². The molecule has 0 fully saturated rings. The number of nitrogens with one attached hydrogen (secondary N) is 2. The third kappa shape index (κ3) is 4.63. The minimum Gasteiger partial charge on any atom is -0.401 e. The van der Waals surface area contributed by atoms with E-state index in [0.29, 0.717) is 36.2 Å². The number of fused-ring (bicyclic) bond motifs is 1. The molecule has 2 amide bonds. The Hall–Kier alpha value is -2.82. The molecule has 0 aliphatic carbocycles. The number of nitrogens with two attached hydrogens (primary N) is 1. The van der Waals surface area contributed by atoms with Gasteiger partial charge in [0.05, 0.1) is 5.57 Å². The van der Waals surface area contributed by atoms with E-state index in [1.165, 1.54) is 0 Å². The predicted octanol–water partition coefficient (Wildman–Crippen LogP) is 3.96. The Bertz CT molecular complexity index is 804. The van der Waals surface area contributed by atoms with Gasteiger partial charge in [-0.15, -0.1) is 0 Å². The highest BCUT2D eigenvalue weighted by Crippen LogP contribution is 2.30. The molecule has 1 aromatic rings. The van der Waals surface area contributed by atoms with Gasteiger partial charge in [-0.2, -0.15) is 0 Å². The average molecular weight is 353 g/mol. The first-order valence-electron chi connectivity index (χ1n) is 8.94. The van der Waals surface area contributed by atoms with Crippen LogP contribution in [0.1, 0.15) is 44.2 Å². The van der Waals surface area contributed by atoms with Gasteiger partial charge in [0, 0.05) is 23.5 Å². The summed E-state index contributed by atoms with van der Waals surface area (Å²) < 4.78 is 0. The lowest BCUT2D eigenvalue weighted by Gasteiger charge is -2.20. The molecular formula is C21H27N3O2. The molecule has 1 heterocycles. The van der Waals surface area contributed by atoms with Gasteiger partial charge in [0.2, 0.25) is 5.91 Å². The number of benzene rings is 1. The molecule has 138 valence electrons. The first-order chi connectivity index (χ1) is 12.3. The minimum absolute atomic E-state index is 0.0274. The van der Waals surface area contributed by atoms with Crippen molar-refractivity contribution in [1.29, 1.82) is 0 Å². The summed E-state index contributed by atoms with van der Waals surface area (Å²) >= 11 is 0. The van der Waals surface area contributed by atoms with Crippen LogP contribution < -0.4 is 16.4 Å². The predicted molar refractivity (Wildman–Crippen MR) is 107 cm³/mol. The Balaban J connectivity index is 2.27. The quantitative estimate of drug-likeness (QED) is 0.534. The second-order valence-corrected chi connectivity index (χ2v) is 6.47. The largest absolute Gasteiger partial charge is 0.401 e. The molecule has 0 aromatic heterocycles. The number of carbonyl (C=O) groups is 2. The van der Waals surface area contributed by atoms with Crippen molar-refractivity contribution in [3.63, 3.8) is 0 Å². The summed E-state index contributed by atoms with van der Waals surface area (Å²) in [4.78, 5) is 24.3. The fraction of sp³-hybridized carbons (Fsp3) is 0.333. The summed E-state index contributed by atoms with van der Waals surface area (Å²) in [6.45, 7) is 9.76. The standard InChI is InChI=1S/C21H27N3O2/c1-5-13(3)7-9-17(18(22)6-2)21(26)23-16-11-14(4)20-15(12-16)8-10-19(25)24-20/h7,9,11-12H,3,5-6,8,10,22H2,1-2,4H3,(H,23,26)(H,24,25)/b9-7-,18-17+. The van der Waals surface area contributed by atoms with Crippen molar-refractivity contribution in [2.75, 3.05) is 10.6 Å². The maximum atomic E-state index is 12.7. The molecule has 0 spiro atoms. The Kier molecular flexibility index (Phi) is 6.39. The van der Waals surface area contributed by atoms with E-state index in [0.717, 1.165) is 28.8 Å². The van der Waals surface area contributed by atoms with Crippen molar-refractivity contribution < 1.29 is 9.59 Å². The van der Waals surface area contributed by atoms with Crippen LogP contribution in [-0.4, -0.2) is 11.8 Å². The molecule has 5 nitrogen and oxygen atoms in total. The molecule has 5 heteroatoms. The van der Waals surface area contributed by atoms with Crippen LogP contribution in [0.25, 0.3) is 0 Å². The van der Waals surface area contributed by atoms with E-state index < -0.39 is 0 Å². The molecule has 0 bridgehead atoms. The summed E-state index contributed by atoms with van der Waals surface area (Å²) in [6.07, 6.45) is 6.08. The first-order valence-corrected chi connectivity index (χ1v) is 8.94. The molecule has 2 rings (SSSR count). The van der Waals surface area contributed by atoms with Crippen molar-refractivity contribution in [3.8, 4) is 0 Å². The number of aryl methyl sites for hydroxylation is 2. The van der Waals surface area contributed by atoms with E-state index in [9.17, 15) is 9.59 Å². The van der Waals surface area contributed by atoms with E-state index in [1.54, 1.807) is 6.08 Å². The van der Waals surface area contributed by atoms with Crippen LogP contribution in [0.2, 0.25) is 0 Å². The molecular weight excluding hydrogens is 326 g/mol. The highest BCUT2D eigenvalue weighted by molar-refractivity contribution is 6.06. The molecule has 26 heavy (non-hydrogen) atoms. The normalized spacial score (nSPS) is 14.5. The lowest BCUT2D eigenvalue weighted by Crippen LogP contribution is -2.21. The van der Waals surface area contributed by atoms with Gasteiger partial charge in [-0.05, 0) is 55.5 Å². The first kappa shape index (κ1) is 19.5. The van der Waals surface area contributed by atoms with Gasteiger partial charge in [0.25, 0.3) is 5.91 Å². The smallest absolute Gasteiger partial charge is 0.257 e. The lowest BCUT2D eigenvalue weighted by atomic mass is 9.98. The van der Waals surface area contributed by atoms with Gasteiger partial charge in [-0.25, -0.2) is 0 Å². The SMILES string of the molecule is C=C(/C=C\C(C(=O)Nc1cc(C)c2c(c1)CCC(=O)N2)=C(/N)CC)CC. The van der Waals surface area contributed by atoms with Crippen LogP contribution in [0.3, 0.4) is 0 Å². The second-order valence-electron chi connectivity index (χ2n) is 6.47. The number of hydrogen-bond donors (Lipinski definition) is 3. The third-order valence-corrected chi connectivity index (χ3v) is 4.47. The van der Waals surface area contributed by atoms with E-state index in [4.69, 9.17) is 5.73 Å². The zero-order chi connectivity index (χ0) is 19.3. The van der Waals surface area contributed by atoms with Crippen molar-refractivity contribution in [1.82, 2.24) is 0 Å². The van der Waals surface area contributed by atoms with E-state index in [1.807, 2.05) is 39.0 Å². The summed E-state index contributed by atoms with van der Waals surface area (Å²) in [5, 5.41) is 5.83. The van der Waals surface area contributed by atoms with E-state index in [2.05, 4.69) is 17.2 Å². The fourth-order valence-corrected chi connectivity index (χ4v) is 2.80. The molecule has 1 aromatic carbocycles. The van der Waals surface area contributed by atoms with Crippen molar-refractivity contribution in [2.45, 2.75) is 46.5 Å². The molecule has 0 radical (unpaired) electrons. The summed E-state index contributed by atoms with van der Waals surface area (Å²) in [7, 11) is 0. The van der Waals surface area contributed by atoms with Gasteiger partial charge in [0.15, 0.2) is 0 Å². The fourth-order valence-electron chi connectivity index (χ4n) is 2.80. The van der Waals surface area contributed by atoms with Gasteiger partial charge >= 0.3 is 0 Å². The van der Waals surface area contributed by atoms with Gasteiger partial charge in [-0.3, -0.25) is 9.59 Å². The Labute approximate surface area is 155 Å². The van der Waals surface area contributed by atoms with Crippen molar-refractivity contribution in [2.24, 2.45) is 5.73 Å². The van der Waals surface area contributed by atoms with Gasteiger partial charge in [-0.1, -0.05) is 32.1 Å². The minimum atomic E-state index is -0.247. The molecule has 1 aliphatic rings. The molecule has 0 saturated heterocycles. The zero-order valence-corrected chi connectivity index (χ0v) is 15.7. The van der Waals surface area contributed by atoms with E-state index >= 15 is 0 Å². The second kappa shape index (κ2) is 8.52. The van der Waals surface area contributed by atoms with Gasteiger partial charge < -0.3 is 16.4 Å². The number of rotatable bonds is 6. The third-order valence-electron chi connectivity index (χ3n) is 4.47. The Morgan fingerprint density at radius 2 is 2.00 bits per heavy atom. The maximum Gasteiger partial charge on any atom is 0.257 e. The summed E-state index contributed by atoms with van der Waals surface area (Å²) in [5.41, 5.74) is 11.5. The average Bonchev–Trinajstić information content (AvgIpc) is 2.62. The topological polar surface area (TPSA) is 84.2 Å². The van der Waals surface area contributed by atoms with Crippen LogP contribution in [0, 0.1) is 6.92 Å². The number of anilines is 2. The highest BCUT2D eigenvalue weighted by Gasteiger charge is 2.18. The summed E-state index contributed by atoms with van der Waals surface area (Å²) in [5.74, 6) is -0.219. The van der Waals surface area contributed by atoms with Crippen LogP contribution in [0.5, 0.6) is 0 Å². The van der Waals surface area contributed by atoms with E-state index in [-0.39, 0.29) is 11.8 Å². The Morgan fingerprint density at radius 1 is 1.27 bits per heavy atom. The number of allylic oxidation sites excluding steroid dienone is 3. The van der Waals surface area contributed by atoms with Crippen LogP contribution in [0.4, 0.5) is 11.4 Å². The number of hydrogen-bond acceptors (Lipinski definition) is 3. The monoisotopic (exact) mass is 353 g/mol. The zero-order valence-electron chi connectivity index (χ0n) is 15.7. The maximum absolute atomic E-state index is 12.7. The van der Waals surface area contributed by atoms with Gasteiger partial charge in [0.1, 0.15) is 0 Å². The highest BCUT2D eigenvalue weighted by atomic mass is 16.2. The molecule has 1 aliphatic heterocycles. The Morgan fingerprint density at radius 3 is 2.65 bits per heavy atom. The van der Waals surface area contributed by atoms with Crippen LogP contribution >= 0.6 is 0 Å². The number of carbonyl (C=O) groups excluding carboxylic acids is 2. The molecule has 0 unspecified atom stereocenters. The molecule has 0 atom stereocenters. The molecule has 0 saturated carbocycles. The number of amides is 2.